The van der Waals surface area contributed by atoms with E-state index in [0.717, 1.165) is 11.3 Å². The molecule has 0 aliphatic carbocycles. The van der Waals surface area contributed by atoms with E-state index in [0.29, 0.717) is 12.2 Å². The molecule has 0 fully saturated rings. The maximum absolute atomic E-state index is 11.6. The van der Waals surface area contributed by atoms with Crippen LogP contribution >= 0.6 is 0 Å². The number of nitrogens with two attached hydrogens (primary N) is 1. The first-order chi connectivity index (χ1) is 10.5. The van der Waals surface area contributed by atoms with Crippen molar-refractivity contribution in [1.82, 2.24) is 15.6 Å². The number of anilines is 1. The number of amides is 2. The van der Waals surface area contributed by atoms with Crippen molar-refractivity contribution in [3.63, 3.8) is 0 Å². The molecule has 0 bridgehead atoms. The van der Waals surface area contributed by atoms with Crippen molar-refractivity contribution >= 4 is 17.5 Å². The number of hydrazine groups is 1. The lowest BCUT2D eigenvalue weighted by Crippen LogP contribution is -2.30. The molecule has 4 N–H and O–H groups in total. The highest BCUT2D eigenvalue weighted by atomic mass is 16.5. The Labute approximate surface area is 127 Å². The van der Waals surface area contributed by atoms with Crippen molar-refractivity contribution in [1.29, 1.82) is 0 Å². The SMILES string of the molecule is CC(C)C(=O)Nc1ccc(Cc2noc(C(=O)NN)n2)cc1. The molecule has 0 radical (unpaired) electrons. The van der Waals surface area contributed by atoms with Gasteiger partial charge in [-0.2, -0.15) is 4.98 Å². The number of nitrogen functional groups attached to an aromatic ring is 1. The molecule has 0 unspecified atom stereocenters. The van der Waals surface area contributed by atoms with Crippen LogP contribution < -0.4 is 16.6 Å². The normalized spacial score (nSPS) is 10.5. The van der Waals surface area contributed by atoms with E-state index >= 15 is 0 Å². The van der Waals surface area contributed by atoms with Gasteiger partial charge in [-0.3, -0.25) is 15.0 Å². The van der Waals surface area contributed by atoms with Crippen LogP contribution in [0.3, 0.4) is 0 Å². The summed E-state index contributed by atoms with van der Waals surface area (Å²) in [6.07, 6.45) is 0.403. The molecule has 0 aliphatic heterocycles. The molecule has 2 rings (SSSR count). The summed E-state index contributed by atoms with van der Waals surface area (Å²) in [6, 6.07) is 7.27. The summed E-state index contributed by atoms with van der Waals surface area (Å²) in [7, 11) is 0. The lowest BCUT2D eigenvalue weighted by molar-refractivity contribution is -0.118. The minimum Gasteiger partial charge on any atom is -0.328 e. The summed E-state index contributed by atoms with van der Waals surface area (Å²) in [5.41, 5.74) is 3.56. The van der Waals surface area contributed by atoms with Crippen LogP contribution in [0.25, 0.3) is 0 Å². The Morgan fingerprint density at radius 3 is 2.55 bits per heavy atom. The van der Waals surface area contributed by atoms with Crippen LogP contribution in [0.2, 0.25) is 0 Å². The van der Waals surface area contributed by atoms with Crippen LogP contribution in [0.4, 0.5) is 5.69 Å². The van der Waals surface area contributed by atoms with Gasteiger partial charge in [-0.15, -0.1) is 0 Å². The zero-order chi connectivity index (χ0) is 16.1. The second-order valence-corrected chi connectivity index (χ2v) is 5.01. The molecule has 0 atom stereocenters. The first-order valence-corrected chi connectivity index (χ1v) is 6.73. The van der Waals surface area contributed by atoms with Gasteiger partial charge in [0.25, 0.3) is 0 Å². The fraction of sp³-hybridized carbons (Fsp3) is 0.286. The Hall–Kier alpha value is -2.74. The van der Waals surface area contributed by atoms with Crippen molar-refractivity contribution in [3.8, 4) is 0 Å². The predicted octanol–water partition coefficient (Wildman–Crippen LogP) is 0.858. The lowest BCUT2D eigenvalue weighted by Gasteiger charge is -2.07. The maximum atomic E-state index is 11.6. The number of carbonyl (C=O) groups is 2. The van der Waals surface area contributed by atoms with Crippen LogP contribution in [-0.4, -0.2) is 22.0 Å². The molecule has 1 aromatic heterocycles. The van der Waals surface area contributed by atoms with E-state index in [-0.39, 0.29) is 17.7 Å². The van der Waals surface area contributed by atoms with E-state index < -0.39 is 5.91 Å². The highest BCUT2D eigenvalue weighted by Crippen LogP contribution is 2.13. The fourth-order valence-electron chi connectivity index (χ4n) is 1.65. The molecule has 8 heteroatoms. The molecule has 0 saturated carbocycles. The first-order valence-electron chi connectivity index (χ1n) is 6.73. The number of nitrogens with one attached hydrogen (secondary N) is 2. The smallest absolute Gasteiger partial charge is 0.323 e. The van der Waals surface area contributed by atoms with E-state index in [1.165, 1.54) is 0 Å². The fourth-order valence-corrected chi connectivity index (χ4v) is 1.65. The van der Waals surface area contributed by atoms with Gasteiger partial charge in [0.2, 0.25) is 5.91 Å². The summed E-state index contributed by atoms with van der Waals surface area (Å²) in [5.74, 6) is 4.42. The quantitative estimate of drug-likeness (QED) is 0.427. The van der Waals surface area contributed by atoms with Crippen LogP contribution in [-0.2, 0) is 11.2 Å². The molecular formula is C14H17N5O3. The van der Waals surface area contributed by atoms with Crippen molar-refractivity contribution in [2.75, 3.05) is 5.32 Å². The van der Waals surface area contributed by atoms with E-state index in [1.807, 2.05) is 31.4 Å². The van der Waals surface area contributed by atoms with Crippen LogP contribution in [0.15, 0.2) is 28.8 Å². The molecule has 0 spiro atoms. The van der Waals surface area contributed by atoms with Crippen molar-refractivity contribution in [2.24, 2.45) is 11.8 Å². The average Bonchev–Trinajstić information content (AvgIpc) is 2.96. The molecule has 22 heavy (non-hydrogen) atoms. The Morgan fingerprint density at radius 1 is 1.27 bits per heavy atom. The van der Waals surface area contributed by atoms with Crippen molar-refractivity contribution in [3.05, 3.63) is 41.5 Å². The monoisotopic (exact) mass is 303 g/mol. The van der Waals surface area contributed by atoms with Crippen LogP contribution in [0.1, 0.15) is 35.9 Å². The minimum atomic E-state index is -0.634. The number of nitrogens with zero attached hydrogens (tertiary/aromatic N) is 2. The standard InChI is InChI=1S/C14H17N5O3/c1-8(2)12(20)16-10-5-3-9(4-6-10)7-11-17-14(22-19-11)13(21)18-15/h3-6,8H,7,15H2,1-2H3,(H,16,20)(H,18,21). The highest BCUT2D eigenvalue weighted by molar-refractivity contribution is 5.92. The zero-order valence-electron chi connectivity index (χ0n) is 12.3. The second kappa shape index (κ2) is 6.81. The molecule has 0 aliphatic rings. The number of benzene rings is 1. The van der Waals surface area contributed by atoms with Gasteiger partial charge in [0.05, 0.1) is 0 Å². The summed E-state index contributed by atoms with van der Waals surface area (Å²) < 4.78 is 4.78. The number of carbonyl (C=O) groups excluding carboxylic acids is 2. The summed E-state index contributed by atoms with van der Waals surface area (Å²) in [4.78, 5) is 26.7. The first kappa shape index (κ1) is 15.6. The van der Waals surface area contributed by atoms with Crippen molar-refractivity contribution < 1.29 is 14.1 Å². The van der Waals surface area contributed by atoms with Gasteiger partial charge >= 0.3 is 11.8 Å². The summed E-state index contributed by atoms with van der Waals surface area (Å²) in [5, 5.41) is 6.51. The topological polar surface area (TPSA) is 123 Å². The number of hydrogen-bond donors (Lipinski definition) is 3. The molecule has 2 amide bonds. The molecule has 8 nitrogen and oxygen atoms in total. The maximum Gasteiger partial charge on any atom is 0.323 e. The number of hydrogen-bond acceptors (Lipinski definition) is 6. The Kier molecular flexibility index (Phi) is 4.84. The van der Waals surface area contributed by atoms with Crippen LogP contribution in [0.5, 0.6) is 0 Å². The van der Waals surface area contributed by atoms with Gasteiger partial charge in [0.1, 0.15) is 0 Å². The Balaban J connectivity index is 2.00. The largest absolute Gasteiger partial charge is 0.328 e. The van der Waals surface area contributed by atoms with Gasteiger partial charge in [0, 0.05) is 18.0 Å². The van der Waals surface area contributed by atoms with Gasteiger partial charge in [-0.05, 0) is 17.7 Å². The van der Waals surface area contributed by atoms with E-state index in [1.54, 1.807) is 12.1 Å². The third kappa shape index (κ3) is 3.89. The van der Waals surface area contributed by atoms with Crippen molar-refractivity contribution in [2.45, 2.75) is 20.3 Å². The minimum absolute atomic E-state index is 0.0386. The summed E-state index contributed by atoms with van der Waals surface area (Å²) in [6.45, 7) is 3.66. The highest BCUT2D eigenvalue weighted by Gasteiger charge is 2.14. The van der Waals surface area contributed by atoms with Crippen LogP contribution in [0, 0.1) is 5.92 Å². The van der Waals surface area contributed by atoms with Gasteiger partial charge in [0.15, 0.2) is 5.82 Å². The number of aromatic nitrogens is 2. The zero-order valence-corrected chi connectivity index (χ0v) is 12.3. The molecule has 2 aromatic rings. The molecule has 116 valence electrons. The van der Waals surface area contributed by atoms with E-state index in [2.05, 4.69) is 15.5 Å². The predicted molar refractivity (Wildman–Crippen MR) is 78.7 cm³/mol. The summed E-state index contributed by atoms with van der Waals surface area (Å²) >= 11 is 0. The molecule has 1 aromatic carbocycles. The lowest BCUT2D eigenvalue weighted by atomic mass is 10.1. The third-order valence-electron chi connectivity index (χ3n) is 2.90. The third-order valence-corrected chi connectivity index (χ3v) is 2.90. The average molecular weight is 303 g/mol. The van der Waals surface area contributed by atoms with Gasteiger partial charge in [-0.1, -0.05) is 31.1 Å². The number of rotatable bonds is 5. The van der Waals surface area contributed by atoms with Gasteiger partial charge in [-0.25, -0.2) is 5.84 Å². The Morgan fingerprint density at radius 2 is 1.95 bits per heavy atom. The van der Waals surface area contributed by atoms with E-state index in [4.69, 9.17) is 10.4 Å². The molecule has 1 heterocycles. The van der Waals surface area contributed by atoms with Gasteiger partial charge < -0.3 is 9.84 Å². The molecular weight excluding hydrogens is 286 g/mol. The Bertz CT molecular complexity index is 663. The van der Waals surface area contributed by atoms with E-state index in [9.17, 15) is 9.59 Å². The second-order valence-electron chi connectivity index (χ2n) is 5.01. The molecule has 0 saturated heterocycles.